The first-order chi connectivity index (χ1) is 8.56. The first-order valence-corrected chi connectivity index (χ1v) is 5.94. The summed E-state index contributed by atoms with van der Waals surface area (Å²) in [5, 5.41) is 4.86. The molecule has 0 aliphatic rings. The van der Waals surface area contributed by atoms with Gasteiger partial charge in [0.2, 0.25) is 0 Å². The summed E-state index contributed by atoms with van der Waals surface area (Å²) >= 11 is 5.80. The molecule has 0 fully saturated rings. The van der Waals surface area contributed by atoms with Gasteiger partial charge >= 0.3 is 0 Å². The van der Waals surface area contributed by atoms with Crippen LogP contribution in [0.4, 0.5) is 0 Å². The molecule has 92 valence electrons. The second-order valence-corrected chi connectivity index (χ2v) is 4.56. The average molecular weight is 261 g/mol. The smallest absolute Gasteiger partial charge is 0.267 e. The third kappa shape index (κ3) is 2.87. The summed E-state index contributed by atoms with van der Waals surface area (Å²) in [6.07, 6.45) is 1.64. The molecule has 1 aromatic heterocycles. The standard InChI is InChI=1S/C14H13ClN2O/c1-10-7-11(2)17(14(18)8-10)16-9-12-3-5-13(15)6-4-12/h3-9H,1-2H3. The molecule has 0 unspecified atom stereocenters. The number of hydrogen-bond acceptors (Lipinski definition) is 2. The third-order valence-electron chi connectivity index (χ3n) is 2.52. The fourth-order valence-electron chi connectivity index (χ4n) is 1.68. The van der Waals surface area contributed by atoms with Crippen LogP contribution in [0.1, 0.15) is 16.8 Å². The minimum Gasteiger partial charge on any atom is -0.267 e. The summed E-state index contributed by atoms with van der Waals surface area (Å²) in [7, 11) is 0. The van der Waals surface area contributed by atoms with Gasteiger partial charge in [-0.25, -0.2) is 4.68 Å². The van der Waals surface area contributed by atoms with Gasteiger partial charge in [-0.1, -0.05) is 23.7 Å². The number of rotatable bonds is 2. The Morgan fingerprint density at radius 3 is 2.44 bits per heavy atom. The predicted octanol–water partition coefficient (Wildman–Crippen LogP) is 3.00. The highest BCUT2D eigenvalue weighted by molar-refractivity contribution is 6.30. The SMILES string of the molecule is Cc1cc(C)n(N=Cc2ccc(Cl)cc2)c(=O)c1. The highest BCUT2D eigenvalue weighted by Crippen LogP contribution is 2.08. The Labute approximate surface area is 110 Å². The van der Waals surface area contributed by atoms with E-state index in [1.807, 2.05) is 32.0 Å². The first kappa shape index (κ1) is 12.6. The predicted molar refractivity (Wildman–Crippen MR) is 74.6 cm³/mol. The number of halogens is 1. The minimum atomic E-state index is -0.127. The van der Waals surface area contributed by atoms with E-state index >= 15 is 0 Å². The van der Waals surface area contributed by atoms with Gasteiger partial charge < -0.3 is 0 Å². The van der Waals surface area contributed by atoms with Crippen LogP contribution in [-0.4, -0.2) is 10.9 Å². The lowest BCUT2D eigenvalue weighted by Crippen LogP contribution is -2.18. The summed E-state index contributed by atoms with van der Waals surface area (Å²) < 4.78 is 1.38. The third-order valence-corrected chi connectivity index (χ3v) is 2.77. The van der Waals surface area contributed by atoms with Crippen molar-refractivity contribution in [2.24, 2.45) is 5.10 Å². The maximum atomic E-state index is 11.8. The summed E-state index contributed by atoms with van der Waals surface area (Å²) in [6, 6.07) is 10.7. The van der Waals surface area contributed by atoms with Crippen molar-refractivity contribution < 1.29 is 0 Å². The Bertz CT molecular complexity index is 642. The van der Waals surface area contributed by atoms with Gasteiger partial charge in [-0.05, 0) is 43.2 Å². The van der Waals surface area contributed by atoms with Gasteiger partial charge in [0.1, 0.15) is 0 Å². The van der Waals surface area contributed by atoms with Crippen LogP contribution in [0, 0.1) is 13.8 Å². The maximum absolute atomic E-state index is 11.8. The molecule has 0 atom stereocenters. The van der Waals surface area contributed by atoms with Crippen LogP contribution in [0.3, 0.4) is 0 Å². The van der Waals surface area contributed by atoms with Crippen LogP contribution in [0.15, 0.2) is 46.3 Å². The highest BCUT2D eigenvalue weighted by Gasteiger charge is 1.98. The van der Waals surface area contributed by atoms with Gasteiger partial charge in [-0.2, -0.15) is 5.10 Å². The Balaban J connectivity index is 2.35. The van der Waals surface area contributed by atoms with Gasteiger partial charge in [-0.3, -0.25) is 4.79 Å². The lowest BCUT2D eigenvalue weighted by molar-refractivity contribution is 0.791. The summed E-state index contributed by atoms with van der Waals surface area (Å²) in [4.78, 5) is 11.8. The molecule has 0 N–H and O–H groups in total. The quantitative estimate of drug-likeness (QED) is 0.765. The minimum absolute atomic E-state index is 0.127. The zero-order chi connectivity index (χ0) is 13.1. The molecule has 2 rings (SSSR count). The number of nitrogens with zero attached hydrogens (tertiary/aromatic N) is 2. The van der Waals surface area contributed by atoms with Crippen molar-refractivity contribution in [2.75, 3.05) is 0 Å². The number of hydrogen-bond donors (Lipinski definition) is 0. The number of benzene rings is 1. The van der Waals surface area contributed by atoms with E-state index in [4.69, 9.17) is 11.6 Å². The molecule has 18 heavy (non-hydrogen) atoms. The van der Waals surface area contributed by atoms with E-state index in [9.17, 15) is 4.79 Å². The summed E-state index contributed by atoms with van der Waals surface area (Å²) in [6.45, 7) is 3.75. The molecule has 0 bridgehead atoms. The molecule has 0 aliphatic heterocycles. The number of aromatic nitrogens is 1. The Kier molecular flexibility index (Phi) is 3.63. The second kappa shape index (κ2) is 5.19. The highest BCUT2D eigenvalue weighted by atomic mass is 35.5. The molecule has 0 amide bonds. The first-order valence-electron chi connectivity index (χ1n) is 5.56. The van der Waals surface area contributed by atoms with E-state index in [1.54, 1.807) is 24.4 Å². The van der Waals surface area contributed by atoms with Gasteiger partial charge in [0, 0.05) is 16.8 Å². The van der Waals surface area contributed by atoms with Crippen molar-refractivity contribution in [1.29, 1.82) is 0 Å². The summed E-state index contributed by atoms with van der Waals surface area (Å²) in [5.41, 5.74) is 2.52. The molecule has 2 aromatic rings. The van der Waals surface area contributed by atoms with Crippen LogP contribution < -0.4 is 5.56 Å². The zero-order valence-corrected chi connectivity index (χ0v) is 11.0. The van der Waals surface area contributed by atoms with Crippen LogP contribution in [0.2, 0.25) is 5.02 Å². The number of aryl methyl sites for hydroxylation is 2. The molecular formula is C14H13ClN2O. The van der Waals surface area contributed by atoms with E-state index in [2.05, 4.69) is 5.10 Å². The summed E-state index contributed by atoms with van der Waals surface area (Å²) in [5.74, 6) is 0. The molecule has 3 nitrogen and oxygen atoms in total. The van der Waals surface area contributed by atoms with E-state index in [-0.39, 0.29) is 5.56 Å². The van der Waals surface area contributed by atoms with Crippen LogP contribution in [0.5, 0.6) is 0 Å². The Morgan fingerprint density at radius 1 is 1.17 bits per heavy atom. The van der Waals surface area contributed by atoms with E-state index < -0.39 is 0 Å². The molecule has 0 aliphatic carbocycles. The molecule has 0 spiro atoms. The van der Waals surface area contributed by atoms with E-state index in [1.165, 1.54) is 4.68 Å². The molecule has 4 heteroatoms. The van der Waals surface area contributed by atoms with Crippen molar-refractivity contribution in [3.8, 4) is 0 Å². The van der Waals surface area contributed by atoms with Crippen molar-refractivity contribution in [3.05, 3.63) is 68.6 Å². The van der Waals surface area contributed by atoms with Gasteiger partial charge in [0.05, 0.1) is 6.21 Å². The lowest BCUT2D eigenvalue weighted by atomic mass is 10.2. The number of pyridine rings is 1. The van der Waals surface area contributed by atoms with Crippen molar-refractivity contribution in [2.45, 2.75) is 13.8 Å². The molecule has 0 radical (unpaired) electrons. The lowest BCUT2D eigenvalue weighted by Gasteiger charge is -2.03. The van der Waals surface area contributed by atoms with Crippen LogP contribution in [0.25, 0.3) is 0 Å². The molecular weight excluding hydrogens is 248 g/mol. The normalized spacial score (nSPS) is 11.1. The Hall–Kier alpha value is -1.87. The van der Waals surface area contributed by atoms with Crippen molar-refractivity contribution in [1.82, 2.24) is 4.68 Å². The largest absolute Gasteiger partial charge is 0.271 e. The molecule has 1 heterocycles. The van der Waals surface area contributed by atoms with Gasteiger partial charge in [-0.15, -0.1) is 0 Å². The Morgan fingerprint density at radius 2 is 1.83 bits per heavy atom. The maximum Gasteiger partial charge on any atom is 0.271 e. The van der Waals surface area contributed by atoms with Gasteiger partial charge in [0.25, 0.3) is 5.56 Å². The average Bonchev–Trinajstić information content (AvgIpc) is 2.30. The fraction of sp³-hybridized carbons (Fsp3) is 0.143. The fourth-order valence-corrected chi connectivity index (χ4v) is 1.81. The van der Waals surface area contributed by atoms with Crippen molar-refractivity contribution in [3.63, 3.8) is 0 Å². The van der Waals surface area contributed by atoms with Crippen LogP contribution in [-0.2, 0) is 0 Å². The molecule has 0 saturated carbocycles. The van der Waals surface area contributed by atoms with Gasteiger partial charge in [0.15, 0.2) is 0 Å². The monoisotopic (exact) mass is 260 g/mol. The van der Waals surface area contributed by atoms with Crippen LogP contribution >= 0.6 is 11.6 Å². The topological polar surface area (TPSA) is 34.4 Å². The zero-order valence-electron chi connectivity index (χ0n) is 10.2. The van der Waals surface area contributed by atoms with Crippen molar-refractivity contribution >= 4 is 17.8 Å². The molecule has 1 aromatic carbocycles. The van der Waals surface area contributed by atoms with E-state index in [0.717, 1.165) is 16.8 Å². The second-order valence-electron chi connectivity index (χ2n) is 4.12. The molecule has 0 saturated heterocycles. The van der Waals surface area contributed by atoms with E-state index in [0.29, 0.717) is 5.02 Å².